The molecule has 1 N–H and O–H groups in total. The second kappa shape index (κ2) is 8.89. The Bertz CT molecular complexity index is 931. The second-order valence-electron chi connectivity index (χ2n) is 6.81. The molecule has 8 nitrogen and oxygen atoms in total. The van der Waals surface area contributed by atoms with Gasteiger partial charge in [0, 0.05) is 19.6 Å². The number of hydrogen-bond acceptors (Lipinski definition) is 5. The third kappa shape index (κ3) is 4.01. The number of para-hydroxylation sites is 1. The molecule has 2 amide bonds. The molecule has 0 aliphatic carbocycles. The first-order valence-electron chi connectivity index (χ1n) is 9.89. The van der Waals surface area contributed by atoms with Crippen LogP contribution in [-0.4, -0.2) is 52.4 Å². The predicted molar refractivity (Wildman–Crippen MR) is 108 cm³/mol. The summed E-state index contributed by atoms with van der Waals surface area (Å²) in [6.45, 7) is 5.64. The number of hydrogen-bond donors (Lipinski definition) is 1. The van der Waals surface area contributed by atoms with E-state index in [4.69, 9.17) is 4.74 Å². The molecule has 0 spiro atoms. The summed E-state index contributed by atoms with van der Waals surface area (Å²) in [5.74, 6) is -0.849. The van der Waals surface area contributed by atoms with Crippen LogP contribution >= 0.6 is 0 Å². The zero-order valence-corrected chi connectivity index (χ0v) is 17.0. The molecule has 0 bridgehead atoms. The highest BCUT2D eigenvalue weighted by Crippen LogP contribution is 2.24. The lowest BCUT2D eigenvalue weighted by Gasteiger charge is -2.21. The fourth-order valence-corrected chi connectivity index (χ4v) is 3.60. The van der Waals surface area contributed by atoms with E-state index in [1.165, 1.54) is 7.11 Å². The van der Waals surface area contributed by atoms with Gasteiger partial charge in [-0.1, -0.05) is 12.1 Å². The van der Waals surface area contributed by atoms with Gasteiger partial charge in [-0.25, -0.2) is 9.78 Å². The van der Waals surface area contributed by atoms with Crippen molar-refractivity contribution in [1.29, 1.82) is 0 Å². The van der Waals surface area contributed by atoms with Crippen LogP contribution in [0, 0.1) is 0 Å². The molecule has 1 aromatic carbocycles. The van der Waals surface area contributed by atoms with Crippen LogP contribution in [0.25, 0.3) is 0 Å². The van der Waals surface area contributed by atoms with Crippen molar-refractivity contribution in [3.63, 3.8) is 0 Å². The van der Waals surface area contributed by atoms with Crippen LogP contribution in [0.3, 0.4) is 0 Å². The van der Waals surface area contributed by atoms with E-state index in [0.29, 0.717) is 37.6 Å². The van der Waals surface area contributed by atoms with Crippen molar-refractivity contribution in [3.8, 4) is 0 Å². The van der Waals surface area contributed by atoms with Crippen molar-refractivity contribution in [3.05, 3.63) is 47.0 Å². The maximum Gasteiger partial charge on any atom is 0.339 e. The normalized spacial score (nSPS) is 12.8. The monoisotopic (exact) mass is 398 g/mol. The predicted octanol–water partition coefficient (Wildman–Crippen LogP) is 2.74. The molecule has 0 saturated carbocycles. The molecule has 154 valence electrons. The molecule has 0 unspecified atom stereocenters. The minimum absolute atomic E-state index is 0.174. The lowest BCUT2D eigenvalue weighted by Crippen LogP contribution is -2.33. The second-order valence-corrected chi connectivity index (χ2v) is 6.81. The molecule has 0 saturated heterocycles. The molecule has 29 heavy (non-hydrogen) atoms. The maximum atomic E-state index is 13.0. The molecule has 8 heteroatoms. The highest BCUT2D eigenvalue weighted by atomic mass is 16.5. The van der Waals surface area contributed by atoms with Crippen molar-refractivity contribution in [2.75, 3.05) is 25.5 Å². The van der Waals surface area contributed by atoms with Gasteiger partial charge in [0.2, 0.25) is 0 Å². The highest BCUT2D eigenvalue weighted by molar-refractivity contribution is 6.08. The van der Waals surface area contributed by atoms with E-state index in [1.807, 2.05) is 18.4 Å². The van der Waals surface area contributed by atoms with Gasteiger partial charge in [-0.2, -0.15) is 0 Å². The Balaban J connectivity index is 1.96. The quantitative estimate of drug-likeness (QED) is 0.755. The van der Waals surface area contributed by atoms with Gasteiger partial charge in [-0.3, -0.25) is 9.59 Å². The molecule has 1 aromatic heterocycles. The number of amides is 2. The Morgan fingerprint density at radius 1 is 1.17 bits per heavy atom. The van der Waals surface area contributed by atoms with Crippen molar-refractivity contribution < 1.29 is 19.1 Å². The van der Waals surface area contributed by atoms with E-state index in [1.54, 1.807) is 29.2 Å². The lowest BCUT2D eigenvalue weighted by molar-refractivity contribution is 0.0601. The number of anilines is 1. The van der Waals surface area contributed by atoms with Crippen molar-refractivity contribution in [2.24, 2.45) is 0 Å². The number of aromatic nitrogens is 2. The molecule has 1 aliphatic heterocycles. The van der Waals surface area contributed by atoms with Gasteiger partial charge in [0.1, 0.15) is 0 Å². The molecule has 1 aliphatic rings. The van der Waals surface area contributed by atoms with Gasteiger partial charge in [0.25, 0.3) is 11.8 Å². The first kappa shape index (κ1) is 20.6. The van der Waals surface area contributed by atoms with Gasteiger partial charge < -0.3 is 19.5 Å². The van der Waals surface area contributed by atoms with Gasteiger partial charge in [-0.05, 0) is 45.2 Å². The zero-order chi connectivity index (χ0) is 21.0. The molecule has 3 rings (SSSR count). The van der Waals surface area contributed by atoms with Crippen molar-refractivity contribution in [2.45, 2.75) is 39.7 Å². The molecule has 2 heterocycles. The fraction of sp³-hybridized carbons (Fsp3) is 0.429. The molecular formula is C21H26N4O4. The van der Waals surface area contributed by atoms with E-state index in [0.717, 1.165) is 18.5 Å². The number of ether oxygens (including phenoxy) is 1. The number of methoxy groups -OCH3 is 1. The smallest absolute Gasteiger partial charge is 0.339 e. The Labute approximate surface area is 169 Å². The summed E-state index contributed by atoms with van der Waals surface area (Å²) in [6, 6.07) is 6.63. The average molecular weight is 398 g/mol. The summed E-state index contributed by atoms with van der Waals surface area (Å²) >= 11 is 0. The van der Waals surface area contributed by atoms with Crippen molar-refractivity contribution >= 4 is 23.5 Å². The van der Waals surface area contributed by atoms with Crippen LogP contribution in [0.5, 0.6) is 0 Å². The van der Waals surface area contributed by atoms with E-state index >= 15 is 0 Å². The van der Waals surface area contributed by atoms with Gasteiger partial charge in [-0.15, -0.1) is 0 Å². The Kier molecular flexibility index (Phi) is 6.31. The van der Waals surface area contributed by atoms with Gasteiger partial charge >= 0.3 is 5.97 Å². The van der Waals surface area contributed by atoms with Crippen molar-refractivity contribution in [1.82, 2.24) is 14.5 Å². The Hall–Kier alpha value is -3.16. The largest absolute Gasteiger partial charge is 0.465 e. The molecule has 2 aromatic rings. The number of carbonyl (C=O) groups excluding carboxylic acids is 3. The summed E-state index contributed by atoms with van der Waals surface area (Å²) in [6.07, 6.45) is 2.55. The summed E-state index contributed by atoms with van der Waals surface area (Å²) in [7, 11) is 1.29. The summed E-state index contributed by atoms with van der Waals surface area (Å²) in [5.41, 5.74) is 1.61. The highest BCUT2D eigenvalue weighted by Gasteiger charge is 2.29. The number of fused-ring (bicyclic) bond motifs is 1. The number of nitrogens with zero attached hydrogens (tertiary/aromatic N) is 3. The number of imidazole rings is 1. The SMILES string of the molecule is CCN(CC)C(=O)c1nc(C(=O)Nc2ccccc2C(=O)OC)c2n1CCCC2. The standard InChI is InChI=1S/C21H26N4O4/c1-4-24(5-2)20(27)18-23-17(16-12-8-9-13-25(16)18)19(26)22-15-11-7-6-10-14(15)21(28)29-3/h6-7,10-11H,4-5,8-9,12-13H2,1-3H3,(H,22,26). The van der Waals surface area contributed by atoms with Crippen LogP contribution in [0.15, 0.2) is 24.3 Å². The zero-order valence-electron chi connectivity index (χ0n) is 17.0. The lowest BCUT2D eigenvalue weighted by atomic mass is 10.1. The Morgan fingerprint density at radius 3 is 2.59 bits per heavy atom. The van der Waals surface area contributed by atoms with E-state index in [9.17, 15) is 14.4 Å². The first-order chi connectivity index (χ1) is 14.0. The molecule has 0 atom stereocenters. The van der Waals surface area contributed by atoms with Crippen LogP contribution in [-0.2, 0) is 17.7 Å². The van der Waals surface area contributed by atoms with E-state index in [2.05, 4.69) is 10.3 Å². The van der Waals surface area contributed by atoms with Crippen LogP contribution in [0.1, 0.15) is 63.8 Å². The maximum absolute atomic E-state index is 13.0. The average Bonchev–Trinajstić information content (AvgIpc) is 3.14. The minimum atomic E-state index is -0.537. The van der Waals surface area contributed by atoms with E-state index in [-0.39, 0.29) is 17.2 Å². The molecule has 0 fully saturated rings. The summed E-state index contributed by atoms with van der Waals surface area (Å²) in [4.78, 5) is 44.0. The van der Waals surface area contributed by atoms with Crippen LogP contribution < -0.4 is 5.32 Å². The third-order valence-electron chi connectivity index (χ3n) is 5.16. The van der Waals surface area contributed by atoms with Gasteiger partial charge in [0.15, 0.2) is 11.5 Å². The number of rotatable bonds is 6. The minimum Gasteiger partial charge on any atom is -0.465 e. The molecular weight excluding hydrogens is 372 g/mol. The van der Waals surface area contributed by atoms with Crippen LogP contribution in [0.2, 0.25) is 0 Å². The summed E-state index contributed by atoms with van der Waals surface area (Å²) in [5, 5.41) is 2.76. The third-order valence-corrected chi connectivity index (χ3v) is 5.16. The van der Waals surface area contributed by atoms with E-state index < -0.39 is 11.9 Å². The fourth-order valence-electron chi connectivity index (χ4n) is 3.60. The number of benzene rings is 1. The summed E-state index contributed by atoms with van der Waals surface area (Å²) < 4.78 is 6.65. The number of esters is 1. The number of nitrogens with one attached hydrogen (secondary N) is 1. The topological polar surface area (TPSA) is 93.5 Å². The number of carbonyl (C=O) groups is 3. The van der Waals surface area contributed by atoms with Gasteiger partial charge in [0.05, 0.1) is 24.1 Å². The first-order valence-corrected chi connectivity index (χ1v) is 9.89. The Morgan fingerprint density at radius 2 is 1.90 bits per heavy atom. The molecule has 0 radical (unpaired) electrons. The van der Waals surface area contributed by atoms with Crippen LogP contribution in [0.4, 0.5) is 5.69 Å².